The molecule has 130 valence electrons. The molecule has 3 heteroatoms. The summed E-state index contributed by atoms with van der Waals surface area (Å²) in [5.74, 6) is -0.918. The van der Waals surface area contributed by atoms with Gasteiger partial charge in [0.1, 0.15) is 0 Å². The highest BCUT2D eigenvalue weighted by Gasteiger charge is 2.36. The van der Waals surface area contributed by atoms with Crippen LogP contribution in [0.3, 0.4) is 0 Å². The number of unbranched alkanes of at least 4 members (excludes halogenated alkanes) is 6. The van der Waals surface area contributed by atoms with Gasteiger partial charge in [-0.1, -0.05) is 75.8 Å². The second-order valence-electron chi connectivity index (χ2n) is 6.21. The number of hydrogen-bond donors (Lipinski definition) is 1. The van der Waals surface area contributed by atoms with E-state index in [9.17, 15) is 4.79 Å². The number of aliphatic carboxylic acids is 1. The first-order valence-corrected chi connectivity index (χ1v) is 9.12. The van der Waals surface area contributed by atoms with Crippen LogP contribution in [0.4, 0.5) is 0 Å². The van der Waals surface area contributed by atoms with E-state index in [1.165, 1.54) is 51.0 Å². The Balaban J connectivity index is 1.89. The van der Waals surface area contributed by atoms with Gasteiger partial charge >= 0.3 is 5.97 Å². The van der Waals surface area contributed by atoms with Gasteiger partial charge in [0, 0.05) is 6.08 Å². The van der Waals surface area contributed by atoms with Crippen LogP contribution in [0.25, 0.3) is 0 Å². The van der Waals surface area contributed by atoms with Crippen molar-refractivity contribution in [2.75, 3.05) is 0 Å². The molecule has 0 aromatic heterocycles. The Morgan fingerprint density at radius 1 is 0.913 bits per heavy atom. The zero-order valence-electron chi connectivity index (χ0n) is 14.5. The molecule has 1 saturated heterocycles. The molecule has 0 aromatic rings. The molecule has 1 heterocycles. The fraction of sp³-hybridized carbons (Fsp3) is 0.650. The van der Waals surface area contributed by atoms with Crippen molar-refractivity contribution in [3.05, 3.63) is 36.5 Å². The molecule has 0 amide bonds. The average molecular weight is 320 g/mol. The normalized spacial score (nSPS) is 20.9. The van der Waals surface area contributed by atoms with Crippen LogP contribution in [-0.4, -0.2) is 23.3 Å². The molecular weight excluding hydrogens is 288 g/mol. The quantitative estimate of drug-likeness (QED) is 0.201. The SMILES string of the molecule is CCCCCCCC[C@@H]1O[C@@H]1CCCC=CC=CC=CC(=O)O. The third-order valence-corrected chi connectivity index (χ3v) is 4.10. The summed E-state index contributed by atoms with van der Waals surface area (Å²) >= 11 is 0. The Morgan fingerprint density at radius 2 is 1.57 bits per heavy atom. The lowest BCUT2D eigenvalue weighted by Crippen LogP contribution is -1.94. The van der Waals surface area contributed by atoms with Crippen LogP contribution < -0.4 is 0 Å². The van der Waals surface area contributed by atoms with Crippen LogP contribution in [-0.2, 0) is 9.53 Å². The Hall–Kier alpha value is -1.35. The molecule has 23 heavy (non-hydrogen) atoms. The summed E-state index contributed by atoms with van der Waals surface area (Å²) in [7, 11) is 0. The van der Waals surface area contributed by atoms with Gasteiger partial charge in [0.25, 0.3) is 0 Å². The summed E-state index contributed by atoms with van der Waals surface area (Å²) in [4.78, 5) is 10.2. The third kappa shape index (κ3) is 11.8. The maximum absolute atomic E-state index is 10.2. The largest absolute Gasteiger partial charge is 0.478 e. The fourth-order valence-electron chi connectivity index (χ4n) is 2.69. The maximum Gasteiger partial charge on any atom is 0.328 e. The summed E-state index contributed by atoms with van der Waals surface area (Å²) in [5.41, 5.74) is 0. The van der Waals surface area contributed by atoms with Crippen molar-refractivity contribution in [1.82, 2.24) is 0 Å². The van der Waals surface area contributed by atoms with Gasteiger partial charge < -0.3 is 9.84 Å². The zero-order chi connectivity index (χ0) is 16.8. The topological polar surface area (TPSA) is 49.8 Å². The smallest absolute Gasteiger partial charge is 0.328 e. The zero-order valence-corrected chi connectivity index (χ0v) is 14.5. The summed E-state index contributed by atoms with van der Waals surface area (Å²) in [5, 5.41) is 8.42. The third-order valence-electron chi connectivity index (χ3n) is 4.10. The molecule has 1 fully saturated rings. The van der Waals surface area contributed by atoms with Gasteiger partial charge in [-0.15, -0.1) is 0 Å². The van der Waals surface area contributed by atoms with Crippen LogP contribution in [0, 0.1) is 0 Å². The predicted molar refractivity (Wildman–Crippen MR) is 95.6 cm³/mol. The van der Waals surface area contributed by atoms with Crippen molar-refractivity contribution < 1.29 is 14.6 Å². The van der Waals surface area contributed by atoms with E-state index in [-0.39, 0.29) is 0 Å². The first-order chi connectivity index (χ1) is 11.2. The maximum atomic E-state index is 10.2. The van der Waals surface area contributed by atoms with E-state index in [0.717, 1.165) is 25.3 Å². The number of carboxylic acid groups (broad SMARTS) is 1. The number of allylic oxidation sites excluding steroid dienone is 5. The molecule has 0 saturated carbocycles. The molecular formula is C20H32O3. The second kappa shape index (κ2) is 13.1. The first kappa shape index (κ1) is 19.7. The minimum atomic E-state index is -0.918. The van der Waals surface area contributed by atoms with Gasteiger partial charge in [0.2, 0.25) is 0 Å². The van der Waals surface area contributed by atoms with E-state index in [1.807, 2.05) is 12.2 Å². The van der Waals surface area contributed by atoms with E-state index in [2.05, 4.69) is 13.0 Å². The second-order valence-corrected chi connectivity index (χ2v) is 6.21. The summed E-state index contributed by atoms with van der Waals surface area (Å²) in [6.45, 7) is 2.25. The number of hydrogen-bond acceptors (Lipinski definition) is 2. The minimum Gasteiger partial charge on any atom is -0.478 e. The van der Waals surface area contributed by atoms with Crippen LogP contribution >= 0.6 is 0 Å². The molecule has 0 spiro atoms. The number of epoxide rings is 1. The van der Waals surface area contributed by atoms with Gasteiger partial charge in [0.05, 0.1) is 12.2 Å². The lowest BCUT2D eigenvalue weighted by molar-refractivity contribution is -0.131. The van der Waals surface area contributed by atoms with Crippen molar-refractivity contribution in [1.29, 1.82) is 0 Å². The van der Waals surface area contributed by atoms with Gasteiger partial charge in [-0.2, -0.15) is 0 Å². The number of carbonyl (C=O) groups is 1. The molecule has 0 aliphatic carbocycles. The highest BCUT2D eigenvalue weighted by atomic mass is 16.6. The molecule has 1 N–H and O–H groups in total. The first-order valence-electron chi connectivity index (χ1n) is 9.12. The molecule has 0 bridgehead atoms. The summed E-state index contributed by atoms with van der Waals surface area (Å²) in [6.07, 6.45) is 24.1. The standard InChI is InChI=1S/C20H32O3/c1-2-3-4-5-9-12-15-18-19(23-18)16-13-10-7-6-8-11-14-17-20(21)22/h6-8,11,14,17-19H,2-5,9-10,12-13,15-16H2,1H3,(H,21,22)/t18-,19+/m0/s1. The lowest BCUT2D eigenvalue weighted by Gasteiger charge is -1.98. The molecule has 1 aliphatic rings. The van der Waals surface area contributed by atoms with Crippen LogP contribution in [0.15, 0.2) is 36.5 Å². The van der Waals surface area contributed by atoms with E-state index in [0.29, 0.717) is 12.2 Å². The predicted octanol–water partition coefficient (Wildman–Crippen LogP) is 5.43. The highest BCUT2D eigenvalue weighted by molar-refractivity contribution is 5.80. The molecule has 1 aliphatic heterocycles. The van der Waals surface area contributed by atoms with Crippen molar-refractivity contribution in [3.63, 3.8) is 0 Å². The van der Waals surface area contributed by atoms with Crippen LogP contribution in [0.2, 0.25) is 0 Å². The monoisotopic (exact) mass is 320 g/mol. The minimum absolute atomic E-state index is 0.507. The molecule has 0 aromatic carbocycles. The Kier molecular flexibility index (Phi) is 11.2. The van der Waals surface area contributed by atoms with E-state index < -0.39 is 5.97 Å². The van der Waals surface area contributed by atoms with E-state index in [1.54, 1.807) is 6.08 Å². The molecule has 3 nitrogen and oxygen atoms in total. The number of carboxylic acids is 1. The Labute approximate surface area is 141 Å². The van der Waals surface area contributed by atoms with Crippen molar-refractivity contribution in [2.24, 2.45) is 0 Å². The van der Waals surface area contributed by atoms with Gasteiger partial charge in [-0.25, -0.2) is 4.79 Å². The van der Waals surface area contributed by atoms with Gasteiger partial charge in [-0.3, -0.25) is 0 Å². The van der Waals surface area contributed by atoms with Gasteiger partial charge in [-0.05, 0) is 25.7 Å². The molecule has 0 radical (unpaired) electrons. The Morgan fingerprint density at radius 3 is 2.30 bits per heavy atom. The highest BCUT2D eigenvalue weighted by Crippen LogP contribution is 2.31. The molecule has 0 unspecified atom stereocenters. The van der Waals surface area contributed by atoms with Crippen LogP contribution in [0.5, 0.6) is 0 Å². The lowest BCUT2D eigenvalue weighted by atomic mass is 10.1. The number of ether oxygens (including phenoxy) is 1. The summed E-state index contributed by atoms with van der Waals surface area (Å²) in [6, 6.07) is 0. The fourth-order valence-corrected chi connectivity index (χ4v) is 2.69. The van der Waals surface area contributed by atoms with Crippen LogP contribution in [0.1, 0.15) is 71.1 Å². The summed E-state index contributed by atoms with van der Waals surface area (Å²) < 4.78 is 5.72. The van der Waals surface area contributed by atoms with Crippen molar-refractivity contribution in [3.8, 4) is 0 Å². The molecule has 1 rings (SSSR count). The van der Waals surface area contributed by atoms with Crippen molar-refractivity contribution in [2.45, 2.75) is 83.3 Å². The van der Waals surface area contributed by atoms with E-state index in [4.69, 9.17) is 9.84 Å². The Bertz CT molecular complexity index is 396. The van der Waals surface area contributed by atoms with E-state index >= 15 is 0 Å². The number of rotatable bonds is 14. The van der Waals surface area contributed by atoms with Gasteiger partial charge in [0.15, 0.2) is 0 Å². The average Bonchev–Trinajstić information content (AvgIpc) is 3.27. The van der Waals surface area contributed by atoms with Crippen molar-refractivity contribution >= 4 is 5.97 Å². The molecule has 2 atom stereocenters.